The average molecular weight is 148 g/mol. The van der Waals surface area contributed by atoms with Gasteiger partial charge in [-0.15, -0.1) is 0 Å². The monoisotopic (exact) mass is 148 g/mol. The topological polar surface area (TPSA) is 20.2 Å². The van der Waals surface area contributed by atoms with Crippen molar-refractivity contribution in [1.82, 2.24) is 0 Å². The Morgan fingerprint density at radius 1 is 1.36 bits per heavy atom. The lowest BCUT2D eigenvalue weighted by molar-refractivity contribution is 0.149. The molecule has 0 aliphatic heterocycles. The third-order valence-corrected chi connectivity index (χ3v) is 2.36. The Kier molecular flexibility index (Phi) is 1.66. The van der Waals surface area contributed by atoms with Crippen LogP contribution in [0.4, 0.5) is 0 Å². The summed E-state index contributed by atoms with van der Waals surface area (Å²) in [6.07, 6.45) is 12.1. The highest BCUT2D eigenvalue weighted by atomic mass is 16.3. The summed E-state index contributed by atoms with van der Waals surface area (Å²) in [6, 6.07) is 0. The highest BCUT2D eigenvalue weighted by molar-refractivity contribution is 5.30. The number of fused-ring (bicyclic) bond motifs is 1. The summed E-state index contributed by atoms with van der Waals surface area (Å²) in [5.41, 5.74) is 1.35. The molecule has 1 nitrogen and oxygen atoms in total. The van der Waals surface area contributed by atoms with Gasteiger partial charge in [-0.1, -0.05) is 36.0 Å². The van der Waals surface area contributed by atoms with E-state index in [0.717, 1.165) is 12.8 Å². The van der Waals surface area contributed by atoms with Crippen molar-refractivity contribution < 1.29 is 5.11 Å². The Labute approximate surface area is 66.7 Å². The van der Waals surface area contributed by atoms with E-state index in [1.165, 1.54) is 5.57 Å². The molecule has 2 rings (SSSR count). The van der Waals surface area contributed by atoms with Gasteiger partial charge in [-0.05, 0) is 12.8 Å². The maximum absolute atomic E-state index is 9.62. The van der Waals surface area contributed by atoms with Crippen LogP contribution < -0.4 is 0 Å². The largest absolute Gasteiger partial charge is 0.392 e. The third kappa shape index (κ3) is 1.16. The molecule has 0 aromatic rings. The molecule has 0 heterocycles. The van der Waals surface area contributed by atoms with Crippen molar-refractivity contribution in [1.29, 1.82) is 0 Å². The molecule has 0 saturated heterocycles. The van der Waals surface area contributed by atoms with Crippen LogP contribution in [-0.2, 0) is 0 Å². The van der Waals surface area contributed by atoms with Crippen molar-refractivity contribution >= 4 is 0 Å². The fraction of sp³-hybridized carbons (Fsp3) is 0.400. The van der Waals surface area contributed by atoms with Crippen LogP contribution in [0.3, 0.4) is 0 Å². The molecule has 1 N–H and O–H groups in total. The maximum atomic E-state index is 9.62. The minimum atomic E-state index is -0.196. The number of allylic oxidation sites excluding steroid dienone is 3. The van der Waals surface area contributed by atoms with Gasteiger partial charge in [-0.2, -0.15) is 0 Å². The molecule has 58 valence electrons. The lowest BCUT2D eigenvalue weighted by Crippen LogP contribution is -2.16. The first kappa shape index (κ1) is 6.86. The molecule has 2 aliphatic carbocycles. The van der Waals surface area contributed by atoms with Crippen LogP contribution >= 0.6 is 0 Å². The summed E-state index contributed by atoms with van der Waals surface area (Å²) in [4.78, 5) is 0. The highest BCUT2D eigenvalue weighted by Crippen LogP contribution is 2.30. The predicted octanol–water partition coefficient (Wildman–Crippen LogP) is 1.81. The molecule has 0 radical (unpaired) electrons. The summed E-state index contributed by atoms with van der Waals surface area (Å²) in [6.45, 7) is 0. The van der Waals surface area contributed by atoms with E-state index in [9.17, 15) is 5.11 Å². The quantitative estimate of drug-likeness (QED) is 0.519. The van der Waals surface area contributed by atoms with E-state index in [-0.39, 0.29) is 6.10 Å². The van der Waals surface area contributed by atoms with Crippen molar-refractivity contribution in [3.63, 3.8) is 0 Å². The van der Waals surface area contributed by atoms with E-state index in [0.29, 0.717) is 5.92 Å². The lowest BCUT2D eigenvalue weighted by atomic mass is 9.96. The zero-order valence-electron chi connectivity index (χ0n) is 6.40. The summed E-state index contributed by atoms with van der Waals surface area (Å²) < 4.78 is 0. The van der Waals surface area contributed by atoms with E-state index in [2.05, 4.69) is 18.2 Å². The first-order valence-corrected chi connectivity index (χ1v) is 4.08. The molecule has 2 unspecified atom stereocenters. The molecule has 0 bridgehead atoms. The Morgan fingerprint density at radius 2 is 2.27 bits per heavy atom. The van der Waals surface area contributed by atoms with Gasteiger partial charge >= 0.3 is 0 Å². The summed E-state index contributed by atoms with van der Waals surface area (Å²) >= 11 is 0. The van der Waals surface area contributed by atoms with Crippen molar-refractivity contribution in [2.45, 2.75) is 18.9 Å². The van der Waals surface area contributed by atoms with Crippen LogP contribution in [0, 0.1) is 5.92 Å². The molecular weight excluding hydrogens is 136 g/mol. The normalized spacial score (nSPS) is 34.8. The van der Waals surface area contributed by atoms with Crippen LogP contribution in [0.2, 0.25) is 0 Å². The van der Waals surface area contributed by atoms with E-state index >= 15 is 0 Å². The predicted molar refractivity (Wildman–Crippen MR) is 45.1 cm³/mol. The fourth-order valence-corrected chi connectivity index (χ4v) is 1.72. The minimum Gasteiger partial charge on any atom is -0.392 e. The first-order chi connectivity index (χ1) is 5.38. The van der Waals surface area contributed by atoms with Gasteiger partial charge in [-0.3, -0.25) is 0 Å². The molecule has 2 aliphatic rings. The van der Waals surface area contributed by atoms with Crippen LogP contribution in [0.5, 0.6) is 0 Å². The molecule has 11 heavy (non-hydrogen) atoms. The molecule has 0 fully saturated rings. The number of hydrogen-bond donors (Lipinski definition) is 1. The highest BCUT2D eigenvalue weighted by Gasteiger charge is 2.23. The fourth-order valence-electron chi connectivity index (χ4n) is 1.72. The Morgan fingerprint density at radius 3 is 3.18 bits per heavy atom. The van der Waals surface area contributed by atoms with Gasteiger partial charge in [0.1, 0.15) is 0 Å². The van der Waals surface area contributed by atoms with Gasteiger partial charge in [0, 0.05) is 5.92 Å². The van der Waals surface area contributed by atoms with Gasteiger partial charge in [-0.25, -0.2) is 0 Å². The van der Waals surface area contributed by atoms with E-state index < -0.39 is 0 Å². The maximum Gasteiger partial charge on any atom is 0.0674 e. The smallest absolute Gasteiger partial charge is 0.0674 e. The second-order valence-electron chi connectivity index (χ2n) is 3.13. The molecule has 0 aromatic carbocycles. The van der Waals surface area contributed by atoms with Gasteiger partial charge in [0.15, 0.2) is 0 Å². The second kappa shape index (κ2) is 2.67. The third-order valence-electron chi connectivity index (χ3n) is 2.36. The van der Waals surface area contributed by atoms with Crippen LogP contribution in [-0.4, -0.2) is 11.2 Å². The number of hydrogen-bond acceptors (Lipinski definition) is 1. The Balaban J connectivity index is 2.27. The van der Waals surface area contributed by atoms with Crippen LogP contribution in [0.1, 0.15) is 12.8 Å². The Hall–Kier alpha value is -0.820. The molecule has 1 heteroatoms. The minimum absolute atomic E-state index is 0.196. The van der Waals surface area contributed by atoms with E-state index in [1.807, 2.05) is 12.2 Å². The zero-order chi connectivity index (χ0) is 7.68. The molecule has 0 amide bonds. The van der Waals surface area contributed by atoms with Crippen LogP contribution in [0.25, 0.3) is 0 Å². The van der Waals surface area contributed by atoms with Crippen molar-refractivity contribution in [2.24, 2.45) is 5.92 Å². The number of aliphatic hydroxyl groups is 1. The van der Waals surface area contributed by atoms with Gasteiger partial charge in [0.2, 0.25) is 0 Å². The molecule has 2 atom stereocenters. The second-order valence-corrected chi connectivity index (χ2v) is 3.13. The first-order valence-electron chi connectivity index (χ1n) is 4.08. The number of aliphatic hydroxyl groups excluding tert-OH is 1. The van der Waals surface area contributed by atoms with Crippen molar-refractivity contribution in [3.8, 4) is 0 Å². The molecular formula is C10H12O. The molecule has 0 spiro atoms. The van der Waals surface area contributed by atoms with Crippen LogP contribution in [0.15, 0.2) is 36.0 Å². The molecule has 0 saturated carbocycles. The van der Waals surface area contributed by atoms with E-state index in [1.54, 1.807) is 0 Å². The standard InChI is InChI=1S/C10H12O/c11-10-7-2-1-4-8-5-3-6-9(8)10/h1-4,6,9-11H,5,7H2. The summed E-state index contributed by atoms with van der Waals surface area (Å²) in [5, 5.41) is 9.62. The van der Waals surface area contributed by atoms with Gasteiger partial charge < -0.3 is 5.11 Å². The van der Waals surface area contributed by atoms with Gasteiger partial charge in [0.05, 0.1) is 6.10 Å². The summed E-state index contributed by atoms with van der Waals surface area (Å²) in [5.74, 6) is 0.296. The molecule has 0 aromatic heterocycles. The SMILES string of the molecule is OC1CC=CC=C2CC=CC21. The average Bonchev–Trinajstić information content (AvgIpc) is 2.40. The Bertz CT molecular complexity index is 235. The van der Waals surface area contributed by atoms with E-state index in [4.69, 9.17) is 0 Å². The number of rotatable bonds is 0. The van der Waals surface area contributed by atoms with Crippen molar-refractivity contribution in [2.75, 3.05) is 0 Å². The van der Waals surface area contributed by atoms with Crippen molar-refractivity contribution in [3.05, 3.63) is 36.0 Å². The summed E-state index contributed by atoms with van der Waals surface area (Å²) in [7, 11) is 0. The zero-order valence-corrected chi connectivity index (χ0v) is 6.40. The van der Waals surface area contributed by atoms with Gasteiger partial charge in [0.25, 0.3) is 0 Å². The lowest BCUT2D eigenvalue weighted by Gasteiger charge is -2.15.